The third-order valence-corrected chi connectivity index (χ3v) is 2.75. The van der Waals surface area contributed by atoms with E-state index in [1.807, 2.05) is 13.8 Å². The van der Waals surface area contributed by atoms with Gasteiger partial charge in [-0.25, -0.2) is 4.39 Å². The minimum atomic E-state index is -0.545. The number of nitrogen functional groups attached to an aromatic ring is 1. The predicted octanol–water partition coefficient (Wildman–Crippen LogP) is 1.87. The third-order valence-electron chi connectivity index (χ3n) is 2.75. The van der Waals surface area contributed by atoms with Crippen LogP contribution in [0.1, 0.15) is 29.8 Å². The summed E-state index contributed by atoms with van der Waals surface area (Å²) in [6.07, 6.45) is 0. The molecule has 1 amide bonds. The van der Waals surface area contributed by atoms with Crippen LogP contribution in [0.4, 0.5) is 10.1 Å². The SMILES string of the molecule is COC(C)(C)CNC(=O)c1cc(N)cc(C)c1F. The maximum absolute atomic E-state index is 13.8. The van der Waals surface area contributed by atoms with Gasteiger partial charge in [-0.2, -0.15) is 0 Å². The maximum Gasteiger partial charge on any atom is 0.254 e. The van der Waals surface area contributed by atoms with Crippen molar-refractivity contribution >= 4 is 11.6 Å². The van der Waals surface area contributed by atoms with Gasteiger partial charge < -0.3 is 15.8 Å². The molecule has 0 aliphatic heterocycles. The van der Waals surface area contributed by atoms with Gasteiger partial charge in [-0.15, -0.1) is 0 Å². The first-order chi connectivity index (χ1) is 8.26. The van der Waals surface area contributed by atoms with Crippen molar-refractivity contribution in [3.63, 3.8) is 0 Å². The summed E-state index contributed by atoms with van der Waals surface area (Å²) in [6, 6.07) is 2.82. The highest BCUT2D eigenvalue weighted by Crippen LogP contribution is 2.17. The highest BCUT2D eigenvalue weighted by atomic mass is 19.1. The highest BCUT2D eigenvalue weighted by molar-refractivity contribution is 5.95. The molecule has 0 radical (unpaired) electrons. The molecule has 0 spiro atoms. The third kappa shape index (κ3) is 3.43. The van der Waals surface area contributed by atoms with E-state index in [4.69, 9.17) is 10.5 Å². The summed E-state index contributed by atoms with van der Waals surface area (Å²) in [6.45, 7) is 5.51. The molecule has 5 heteroatoms. The van der Waals surface area contributed by atoms with Crippen molar-refractivity contribution in [2.45, 2.75) is 26.4 Å². The normalized spacial score (nSPS) is 11.4. The van der Waals surface area contributed by atoms with E-state index in [-0.39, 0.29) is 12.1 Å². The van der Waals surface area contributed by atoms with E-state index in [9.17, 15) is 9.18 Å². The average Bonchev–Trinajstić information content (AvgIpc) is 2.31. The van der Waals surface area contributed by atoms with Crippen LogP contribution in [-0.4, -0.2) is 25.2 Å². The van der Waals surface area contributed by atoms with Gasteiger partial charge in [0.1, 0.15) is 5.82 Å². The highest BCUT2D eigenvalue weighted by Gasteiger charge is 2.20. The number of amides is 1. The van der Waals surface area contributed by atoms with Crippen molar-refractivity contribution in [3.05, 3.63) is 29.1 Å². The fraction of sp³-hybridized carbons (Fsp3) is 0.462. The molecule has 100 valence electrons. The first kappa shape index (κ1) is 14.4. The van der Waals surface area contributed by atoms with Crippen molar-refractivity contribution in [1.82, 2.24) is 5.32 Å². The Kier molecular flexibility index (Phi) is 4.29. The van der Waals surface area contributed by atoms with Crippen LogP contribution < -0.4 is 11.1 Å². The summed E-state index contributed by atoms with van der Waals surface area (Å²) in [7, 11) is 1.55. The smallest absolute Gasteiger partial charge is 0.254 e. The van der Waals surface area contributed by atoms with Gasteiger partial charge in [0.2, 0.25) is 0 Å². The number of rotatable bonds is 4. The zero-order valence-electron chi connectivity index (χ0n) is 11.1. The van der Waals surface area contributed by atoms with Crippen LogP contribution in [0, 0.1) is 12.7 Å². The summed E-state index contributed by atoms with van der Waals surface area (Å²) in [5.41, 5.74) is 5.78. The number of carbonyl (C=O) groups excluding carboxylic acids is 1. The van der Waals surface area contributed by atoms with Crippen LogP contribution in [0.2, 0.25) is 0 Å². The molecule has 0 aliphatic carbocycles. The van der Waals surface area contributed by atoms with E-state index in [1.165, 1.54) is 12.1 Å². The lowest BCUT2D eigenvalue weighted by molar-refractivity contribution is 0.0228. The number of benzene rings is 1. The Morgan fingerprint density at radius 3 is 2.67 bits per heavy atom. The number of hydrogen-bond donors (Lipinski definition) is 2. The summed E-state index contributed by atoms with van der Waals surface area (Å²) in [5.74, 6) is -1.04. The molecule has 0 aliphatic rings. The number of nitrogens with two attached hydrogens (primary N) is 1. The molecule has 1 aromatic rings. The van der Waals surface area contributed by atoms with E-state index in [0.29, 0.717) is 11.3 Å². The Morgan fingerprint density at radius 1 is 1.50 bits per heavy atom. The van der Waals surface area contributed by atoms with Gasteiger partial charge >= 0.3 is 0 Å². The van der Waals surface area contributed by atoms with Gasteiger partial charge in [-0.05, 0) is 38.5 Å². The lowest BCUT2D eigenvalue weighted by atomic mass is 10.1. The molecule has 0 fully saturated rings. The zero-order chi connectivity index (χ0) is 13.9. The van der Waals surface area contributed by atoms with Crippen molar-refractivity contribution < 1.29 is 13.9 Å². The van der Waals surface area contributed by atoms with Gasteiger partial charge in [0.25, 0.3) is 5.91 Å². The molecule has 0 aromatic heterocycles. The molecule has 0 heterocycles. The van der Waals surface area contributed by atoms with Gasteiger partial charge in [0.05, 0.1) is 11.2 Å². The van der Waals surface area contributed by atoms with E-state index >= 15 is 0 Å². The summed E-state index contributed by atoms with van der Waals surface area (Å²) in [5, 5.41) is 2.63. The molecule has 4 nitrogen and oxygen atoms in total. The first-order valence-corrected chi connectivity index (χ1v) is 5.66. The van der Waals surface area contributed by atoms with Crippen LogP contribution in [0.15, 0.2) is 12.1 Å². The molecule has 0 unspecified atom stereocenters. The van der Waals surface area contributed by atoms with Crippen molar-refractivity contribution in [2.24, 2.45) is 0 Å². The molecular formula is C13H19FN2O2. The fourth-order valence-electron chi connectivity index (χ4n) is 1.42. The van der Waals surface area contributed by atoms with Gasteiger partial charge in [-0.3, -0.25) is 4.79 Å². The second-order valence-electron chi connectivity index (χ2n) is 4.85. The molecule has 3 N–H and O–H groups in total. The van der Waals surface area contributed by atoms with Gasteiger partial charge in [0.15, 0.2) is 0 Å². The minimum absolute atomic E-state index is 0.0422. The minimum Gasteiger partial charge on any atom is -0.399 e. The van der Waals surface area contributed by atoms with Gasteiger partial charge in [0, 0.05) is 19.3 Å². The molecule has 1 rings (SSSR count). The summed E-state index contributed by atoms with van der Waals surface area (Å²) in [4.78, 5) is 11.9. The number of ether oxygens (including phenoxy) is 1. The molecule has 0 saturated heterocycles. The monoisotopic (exact) mass is 254 g/mol. The Bertz CT molecular complexity index is 459. The molecule has 18 heavy (non-hydrogen) atoms. The number of hydrogen-bond acceptors (Lipinski definition) is 3. The van der Waals surface area contributed by atoms with Crippen LogP contribution in [0.5, 0.6) is 0 Å². The van der Waals surface area contributed by atoms with E-state index in [1.54, 1.807) is 14.0 Å². The number of methoxy groups -OCH3 is 1. The quantitative estimate of drug-likeness (QED) is 0.806. The first-order valence-electron chi connectivity index (χ1n) is 5.66. The topological polar surface area (TPSA) is 64.3 Å². The largest absolute Gasteiger partial charge is 0.399 e. The van der Waals surface area contributed by atoms with Crippen molar-refractivity contribution in [1.29, 1.82) is 0 Å². The van der Waals surface area contributed by atoms with Crippen LogP contribution in [-0.2, 0) is 4.74 Å². The number of nitrogens with one attached hydrogen (secondary N) is 1. The molecule has 1 aromatic carbocycles. The average molecular weight is 254 g/mol. The standard InChI is InChI=1S/C13H19FN2O2/c1-8-5-9(15)6-10(11(8)14)12(17)16-7-13(2,3)18-4/h5-6H,7,15H2,1-4H3,(H,16,17). The molecule has 0 saturated carbocycles. The Morgan fingerprint density at radius 2 is 2.11 bits per heavy atom. The molecular weight excluding hydrogens is 235 g/mol. The Labute approximate surface area is 106 Å². The van der Waals surface area contributed by atoms with Crippen molar-refractivity contribution in [3.8, 4) is 0 Å². The van der Waals surface area contributed by atoms with Crippen LogP contribution in [0.3, 0.4) is 0 Å². The van der Waals surface area contributed by atoms with E-state index in [2.05, 4.69) is 5.32 Å². The fourth-order valence-corrected chi connectivity index (χ4v) is 1.42. The number of halogens is 1. The second kappa shape index (κ2) is 5.35. The lowest BCUT2D eigenvalue weighted by Crippen LogP contribution is -2.40. The number of carbonyl (C=O) groups is 1. The van der Waals surface area contributed by atoms with Crippen molar-refractivity contribution in [2.75, 3.05) is 19.4 Å². The number of anilines is 1. The summed E-state index contributed by atoms with van der Waals surface area (Å²) >= 11 is 0. The lowest BCUT2D eigenvalue weighted by Gasteiger charge is -2.23. The Hall–Kier alpha value is -1.62. The van der Waals surface area contributed by atoms with Crippen LogP contribution in [0.25, 0.3) is 0 Å². The van der Waals surface area contributed by atoms with E-state index < -0.39 is 17.3 Å². The molecule has 0 atom stereocenters. The predicted molar refractivity (Wildman–Crippen MR) is 69.0 cm³/mol. The Balaban J connectivity index is 2.85. The summed E-state index contributed by atoms with van der Waals surface area (Å²) < 4.78 is 19.0. The second-order valence-corrected chi connectivity index (χ2v) is 4.85. The van der Waals surface area contributed by atoms with Gasteiger partial charge in [-0.1, -0.05) is 0 Å². The zero-order valence-corrected chi connectivity index (χ0v) is 11.1. The molecule has 0 bridgehead atoms. The van der Waals surface area contributed by atoms with Crippen LogP contribution >= 0.6 is 0 Å². The van der Waals surface area contributed by atoms with E-state index in [0.717, 1.165) is 0 Å². The maximum atomic E-state index is 13.8. The number of aryl methyl sites for hydroxylation is 1.